The van der Waals surface area contributed by atoms with Crippen molar-refractivity contribution in [2.24, 2.45) is 0 Å². The summed E-state index contributed by atoms with van der Waals surface area (Å²) in [6.45, 7) is 0. The van der Waals surface area contributed by atoms with Gasteiger partial charge in [0.2, 0.25) is 0 Å². The van der Waals surface area contributed by atoms with Crippen LogP contribution in [0.5, 0.6) is 0 Å². The van der Waals surface area contributed by atoms with Gasteiger partial charge in [0.15, 0.2) is 0 Å². The molecule has 4 aromatic heterocycles. The first-order valence-corrected chi connectivity index (χ1v) is 12.8. The molecule has 3 aromatic carbocycles. The molecular weight excluding hydrogens is 478 g/mol. The number of hydrogen-bond acceptors (Lipinski definition) is 4. The van der Waals surface area contributed by atoms with Gasteiger partial charge in [-0.3, -0.25) is 4.98 Å². The first kappa shape index (κ1) is 21.5. The zero-order chi connectivity index (χ0) is 25.8. The van der Waals surface area contributed by atoms with Gasteiger partial charge in [-0.05, 0) is 29.8 Å². The van der Waals surface area contributed by atoms with Gasteiger partial charge < -0.3 is 4.42 Å². The molecule has 7 aromatic rings. The summed E-state index contributed by atoms with van der Waals surface area (Å²) in [5.41, 5.74) is 15.8. The van der Waals surface area contributed by atoms with E-state index in [4.69, 9.17) is 14.4 Å². The Bertz CT molecular complexity index is 2180. The van der Waals surface area contributed by atoms with Crippen molar-refractivity contribution in [2.45, 2.75) is 0 Å². The Morgan fingerprint density at radius 2 is 1.18 bits per heavy atom. The SMILES string of the molecule is C1=C=Cc2c(oc3c(-c4ccc(-c5ccc6ccc7ccc(-c8ccncc8)nc7c6n5)cc4)cccc23)C=1. The summed E-state index contributed by atoms with van der Waals surface area (Å²) < 4.78 is 6.21. The third kappa shape index (κ3) is 3.53. The van der Waals surface area contributed by atoms with Crippen molar-refractivity contribution in [3.05, 3.63) is 126 Å². The normalized spacial score (nSPS) is 12.0. The second-order valence-electron chi connectivity index (χ2n) is 9.55. The van der Waals surface area contributed by atoms with Gasteiger partial charge in [-0.1, -0.05) is 78.2 Å². The van der Waals surface area contributed by atoms with Crippen LogP contribution in [-0.4, -0.2) is 15.0 Å². The van der Waals surface area contributed by atoms with E-state index in [1.165, 1.54) is 0 Å². The molecule has 1 aliphatic carbocycles. The highest BCUT2D eigenvalue weighted by molar-refractivity contribution is 6.04. The van der Waals surface area contributed by atoms with Crippen LogP contribution >= 0.6 is 0 Å². The lowest BCUT2D eigenvalue weighted by Crippen LogP contribution is -1.91. The fourth-order valence-electron chi connectivity index (χ4n) is 5.29. The smallest absolute Gasteiger partial charge is 0.144 e. The molecular formula is C35H19N3O. The van der Waals surface area contributed by atoms with Crippen LogP contribution < -0.4 is 0 Å². The first-order valence-electron chi connectivity index (χ1n) is 12.8. The number of benzene rings is 3. The lowest BCUT2D eigenvalue weighted by molar-refractivity contribution is 0.604. The molecule has 0 atom stereocenters. The van der Waals surface area contributed by atoms with Crippen molar-refractivity contribution in [3.63, 3.8) is 0 Å². The molecule has 0 aliphatic heterocycles. The highest BCUT2D eigenvalue weighted by Crippen LogP contribution is 2.37. The summed E-state index contributed by atoms with van der Waals surface area (Å²) in [5, 5.41) is 3.21. The molecule has 0 spiro atoms. The molecule has 180 valence electrons. The van der Waals surface area contributed by atoms with Gasteiger partial charge in [0.1, 0.15) is 11.3 Å². The molecule has 0 saturated heterocycles. The van der Waals surface area contributed by atoms with Gasteiger partial charge in [0.05, 0.1) is 22.4 Å². The van der Waals surface area contributed by atoms with Crippen molar-refractivity contribution >= 4 is 44.9 Å². The summed E-state index contributed by atoms with van der Waals surface area (Å²) in [6, 6.07) is 31.3. The minimum absolute atomic E-state index is 0.820. The molecule has 0 saturated carbocycles. The standard InChI is InChI=1S/C35H19N3O/c1-2-7-32-28(4-1)29-6-3-5-27(35(29)39-32)22-8-10-23(11-9-22)30-16-14-25-12-13-26-15-17-31(24-18-20-36-21-19-24)38-34(26)33(25)37-30/h3-21H. The molecule has 0 unspecified atom stereocenters. The average Bonchev–Trinajstić information content (AvgIpc) is 3.40. The first-order chi connectivity index (χ1) is 19.3. The van der Waals surface area contributed by atoms with E-state index in [-0.39, 0.29) is 0 Å². The third-order valence-corrected chi connectivity index (χ3v) is 7.27. The molecule has 4 heteroatoms. The molecule has 39 heavy (non-hydrogen) atoms. The molecule has 0 N–H and O–H groups in total. The van der Waals surface area contributed by atoms with Gasteiger partial charge in [-0.25, -0.2) is 9.97 Å². The average molecular weight is 498 g/mol. The Labute approximate surface area is 223 Å². The Kier molecular flexibility index (Phi) is 4.70. The molecule has 0 bridgehead atoms. The minimum Gasteiger partial charge on any atom is -0.455 e. The Morgan fingerprint density at radius 3 is 1.90 bits per heavy atom. The second-order valence-corrected chi connectivity index (χ2v) is 9.55. The highest BCUT2D eigenvalue weighted by atomic mass is 16.3. The number of rotatable bonds is 3. The lowest BCUT2D eigenvalue weighted by atomic mass is 9.99. The number of para-hydroxylation sites is 1. The quantitative estimate of drug-likeness (QED) is 0.181. The van der Waals surface area contributed by atoms with Gasteiger partial charge in [0.25, 0.3) is 0 Å². The van der Waals surface area contributed by atoms with E-state index in [9.17, 15) is 0 Å². The molecule has 0 amide bonds. The van der Waals surface area contributed by atoms with Crippen LogP contribution in [0.4, 0.5) is 0 Å². The molecule has 0 fully saturated rings. The van der Waals surface area contributed by atoms with Gasteiger partial charge in [-0.15, -0.1) is 0 Å². The maximum Gasteiger partial charge on any atom is 0.144 e. The minimum atomic E-state index is 0.820. The summed E-state index contributed by atoms with van der Waals surface area (Å²) in [5.74, 6) is 0.820. The van der Waals surface area contributed by atoms with Crippen LogP contribution in [0.2, 0.25) is 0 Å². The van der Waals surface area contributed by atoms with Crippen LogP contribution in [0.3, 0.4) is 0 Å². The molecule has 0 radical (unpaired) electrons. The van der Waals surface area contributed by atoms with E-state index in [0.717, 1.165) is 77.7 Å². The molecule has 4 heterocycles. The maximum atomic E-state index is 6.21. The van der Waals surface area contributed by atoms with Crippen LogP contribution in [0.25, 0.3) is 78.6 Å². The summed E-state index contributed by atoms with van der Waals surface area (Å²) in [6.07, 6.45) is 7.34. The van der Waals surface area contributed by atoms with Crippen LogP contribution in [0, 0.1) is 0 Å². The van der Waals surface area contributed by atoms with E-state index in [1.807, 2.05) is 30.4 Å². The predicted octanol–water partition coefficient (Wildman–Crippen LogP) is 8.72. The topological polar surface area (TPSA) is 51.8 Å². The van der Waals surface area contributed by atoms with Crippen LogP contribution in [0.15, 0.2) is 119 Å². The monoisotopic (exact) mass is 497 g/mol. The van der Waals surface area contributed by atoms with Crippen molar-refractivity contribution in [3.8, 4) is 33.6 Å². The zero-order valence-corrected chi connectivity index (χ0v) is 20.7. The van der Waals surface area contributed by atoms with Crippen LogP contribution in [-0.2, 0) is 0 Å². The summed E-state index contributed by atoms with van der Waals surface area (Å²) >= 11 is 0. The summed E-state index contributed by atoms with van der Waals surface area (Å²) in [4.78, 5) is 14.2. The third-order valence-electron chi connectivity index (χ3n) is 7.27. The fourth-order valence-corrected chi connectivity index (χ4v) is 5.29. The maximum absolute atomic E-state index is 6.21. The van der Waals surface area contributed by atoms with Crippen molar-refractivity contribution < 1.29 is 4.42 Å². The number of aromatic nitrogens is 3. The Balaban J connectivity index is 1.21. The van der Waals surface area contributed by atoms with E-state index in [2.05, 4.69) is 89.2 Å². The van der Waals surface area contributed by atoms with E-state index < -0.39 is 0 Å². The molecule has 8 rings (SSSR count). The van der Waals surface area contributed by atoms with Crippen molar-refractivity contribution in [2.75, 3.05) is 0 Å². The highest BCUT2D eigenvalue weighted by Gasteiger charge is 2.16. The second kappa shape index (κ2) is 8.51. The Morgan fingerprint density at radius 1 is 0.564 bits per heavy atom. The lowest BCUT2D eigenvalue weighted by Gasteiger charge is -2.09. The number of furan rings is 1. The van der Waals surface area contributed by atoms with Crippen LogP contribution in [0.1, 0.15) is 11.3 Å². The predicted molar refractivity (Wildman–Crippen MR) is 157 cm³/mol. The molecule has 4 nitrogen and oxygen atoms in total. The largest absolute Gasteiger partial charge is 0.455 e. The fraction of sp³-hybridized carbons (Fsp3) is 0. The number of pyridine rings is 3. The van der Waals surface area contributed by atoms with E-state index in [1.54, 1.807) is 12.4 Å². The number of nitrogens with zero attached hydrogens (tertiary/aromatic N) is 3. The van der Waals surface area contributed by atoms with E-state index >= 15 is 0 Å². The van der Waals surface area contributed by atoms with Gasteiger partial charge in [-0.2, -0.15) is 0 Å². The number of fused-ring (bicyclic) bond motifs is 6. The van der Waals surface area contributed by atoms with Crippen molar-refractivity contribution in [1.82, 2.24) is 15.0 Å². The summed E-state index contributed by atoms with van der Waals surface area (Å²) in [7, 11) is 0. The molecule has 1 aliphatic rings. The van der Waals surface area contributed by atoms with Gasteiger partial charge >= 0.3 is 0 Å². The van der Waals surface area contributed by atoms with Crippen molar-refractivity contribution in [1.29, 1.82) is 0 Å². The Hall–Kier alpha value is -5.53. The zero-order valence-electron chi connectivity index (χ0n) is 20.7. The van der Waals surface area contributed by atoms with Gasteiger partial charge in [0, 0.05) is 63.0 Å². The number of hydrogen-bond donors (Lipinski definition) is 0. The van der Waals surface area contributed by atoms with E-state index in [0.29, 0.717) is 0 Å².